The molecule has 0 aliphatic carbocycles. The zero-order valence-electron chi connectivity index (χ0n) is 14.4. The van der Waals surface area contributed by atoms with Gasteiger partial charge < -0.3 is 9.30 Å². The minimum Gasteiger partial charge on any atom is -0.464 e. The maximum Gasteiger partial charge on any atom is 0.329 e. The van der Waals surface area contributed by atoms with Crippen molar-refractivity contribution >= 4 is 35.0 Å². The van der Waals surface area contributed by atoms with Crippen LogP contribution in [0, 0.1) is 0 Å². The molecular formula is C19H18N2O4S. The Morgan fingerprint density at radius 2 is 1.92 bits per heavy atom. The van der Waals surface area contributed by atoms with Gasteiger partial charge in [0.15, 0.2) is 0 Å². The van der Waals surface area contributed by atoms with Crippen LogP contribution in [0.15, 0.2) is 53.6 Å². The fraction of sp³-hybridized carbons (Fsp3) is 0.211. The van der Waals surface area contributed by atoms with Gasteiger partial charge in [0, 0.05) is 17.6 Å². The zero-order chi connectivity index (χ0) is 18.7. The van der Waals surface area contributed by atoms with E-state index in [1.807, 2.05) is 53.2 Å². The van der Waals surface area contributed by atoms with Gasteiger partial charge in [-0.1, -0.05) is 18.2 Å². The first kappa shape index (κ1) is 18.0. The van der Waals surface area contributed by atoms with E-state index in [9.17, 15) is 14.4 Å². The minimum atomic E-state index is -0.950. The smallest absolute Gasteiger partial charge is 0.329 e. The summed E-state index contributed by atoms with van der Waals surface area (Å²) >= 11 is 0.825. The molecule has 1 atom stereocenters. The molecule has 1 unspecified atom stereocenters. The maximum atomic E-state index is 12.6. The second-order valence-electron chi connectivity index (χ2n) is 5.62. The molecule has 7 heteroatoms. The van der Waals surface area contributed by atoms with Crippen molar-refractivity contribution in [3.05, 3.63) is 59.3 Å². The van der Waals surface area contributed by atoms with Gasteiger partial charge in [0.2, 0.25) is 0 Å². The van der Waals surface area contributed by atoms with Crippen molar-refractivity contribution in [1.82, 2.24) is 9.47 Å². The van der Waals surface area contributed by atoms with Gasteiger partial charge in [0.25, 0.3) is 11.1 Å². The summed E-state index contributed by atoms with van der Waals surface area (Å²) in [5.41, 5.74) is 1.72. The SMILES string of the molecule is CCOC(=O)C(C)N1C(=O)S/C(=C/c2cccn2-c2ccccc2)C1=O. The lowest BCUT2D eigenvalue weighted by Gasteiger charge is -2.19. The standard InChI is InChI=1S/C19H18N2O4S/c1-3-25-18(23)13(2)21-17(22)16(26-19(21)24)12-15-10-7-11-20(15)14-8-5-4-6-9-14/h4-13H,3H2,1-2H3/b16-12+. The Labute approximate surface area is 155 Å². The number of thioether (sulfide) groups is 1. The largest absolute Gasteiger partial charge is 0.464 e. The normalized spacial score (nSPS) is 17.0. The number of aromatic nitrogens is 1. The van der Waals surface area contributed by atoms with Crippen LogP contribution in [0.25, 0.3) is 11.8 Å². The van der Waals surface area contributed by atoms with Crippen molar-refractivity contribution in [2.45, 2.75) is 19.9 Å². The molecule has 26 heavy (non-hydrogen) atoms. The average Bonchev–Trinajstić information content (AvgIpc) is 3.20. The van der Waals surface area contributed by atoms with Crippen molar-refractivity contribution in [3.63, 3.8) is 0 Å². The molecule has 134 valence electrons. The highest BCUT2D eigenvalue weighted by molar-refractivity contribution is 8.18. The highest BCUT2D eigenvalue weighted by Gasteiger charge is 2.41. The number of amides is 2. The van der Waals surface area contributed by atoms with Crippen LogP contribution in [-0.2, 0) is 14.3 Å². The third-order valence-corrected chi connectivity index (χ3v) is 4.82. The van der Waals surface area contributed by atoms with Gasteiger partial charge in [-0.15, -0.1) is 0 Å². The van der Waals surface area contributed by atoms with Crippen LogP contribution in [0.3, 0.4) is 0 Å². The molecule has 0 N–H and O–H groups in total. The fourth-order valence-electron chi connectivity index (χ4n) is 2.65. The summed E-state index contributed by atoms with van der Waals surface area (Å²) in [7, 11) is 0. The Hall–Kier alpha value is -2.80. The summed E-state index contributed by atoms with van der Waals surface area (Å²) in [6, 6.07) is 12.4. The lowest BCUT2D eigenvalue weighted by atomic mass is 10.2. The molecule has 1 aliphatic rings. The average molecular weight is 370 g/mol. The van der Waals surface area contributed by atoms with E-state index in [2.05, 4.69) is 0 Å². The first-order chi connectivity index (χ1) is 12.5. The molecule has 1 fully saturated rings. The van der Waals surface area contributed by atoms with Crippen molar-refractivity contribution in [2.75, 3.05) is 6.61 Å². The molecule has 1 aromatic heterocycles. The molecule has 1 saturated heterocycles. The van der Waals surface area contributed by atoms with Gasteiger partial charge in [-0.25, -0.2) is 4.79 Å². The molecule has 0 bridgehead atoms. The zero-order valence-corrected chi connectivity index (χ0v) is 15.2. The number of ether oxygens (including phenoxy) is 1. The van der Waals surface area contributed by atoms with Crippen LogP contribution in [-0.4, -0.2) is 39.2 Å². The topological polar surface area (TPSA) is 68.6 Å². The maximum absolute atomic E-state index is 12.6. The third kappa shape index (κ3) is 3.43. The van der Waals surface area contributed by atoms with E-state index in [1.54, 1.807) is 13.0 Å². The lowest BCUT2D eigenvalue weighted by Crippen LogP contribution is -2.42. The van der Waals surface area contributed by atoms with Crippen molar-refractivity contribution in [1.29, 1.82) is 0 Å². The van der Waals surface area contributed by atoms with Gasteiger partial charge in [0.05, 0.1) is 11.5 Å². The number of para-hydroxylation sites is 1. The van der Waals surface area contributed by atoms with Gasteiger partial charge in [-0.3, -0.25) is 14.5 Å². The summed E-state index contributed by atoms with van der Waals surface area (Å²) in [5.74, 6) is -1.08. The molecule has 1 aliphatic heterocycles. The van der Waals surface area contributed by atoms with E-state index >= 15 is 0 Å². The Bertz CT molecular complexity index is 873. The van der Waals surface area contributed by atoms with Crippen molar-refractivity contribution < 1.29 is 19.1 Å². The monoisotopic (exact) mass is 370 g/mol. The van der Waals surface area contributed by atoms with E-state index in [4.69, 9.17) is 4.74 Å². The number of imide groups is 1. The third-order valence-electron chi connectivity index (χ3n) is 3.93. The lowest BCUT2D eigenvalue weighted by molar-refractivity contribution is -0.150. The van der Waals surface area contributed by atoms with E-state index in [0.717, 1.165) is 28.0 Å². The van der Waals surface area contributed by atoms with Crippen molar-refractivity contribution in [3.8, 4) is 5.69 Å². The molecule has 0 radical (unpaired) electrons. The van der Waals surface area contributed by atoms with Crippen LogP contribution in [0.1, 0.15) is 19.5 Å². The van der Waals surface area contributed by atoms with Crippen LogP contribution in [0.4, 0.5) is 4.79 Å². The number of rotatable bonds is 5. The Balaban J connectivity index is 1.88. The summed E-state index contributed by atoms with van der Waals surface area (Å²) in [5, 5.41) is -0.473. The summed E-state index contributed by atoms with van der Waals surface area (Å²) in [6.07, 6.45) is 3.54. The van der Waals surface area contributed by atoms with E-state index in [-0.39, 0.29) is 11.5 Å². The first-order valence-electron chi connectivity index (χ1n) is 8.19. The van der Waals surface area contributed by atoms with Gasteiger partial charge >= 0.3 is 5.97 Å². The molecule has 0 spiro atoms. The summed E-state index contributed by atoms with van der Waals surface area (Å²) < 4.78 is 6.83. The number of benzene rings is 1. The molecule has 2 heterocycles. The van der Waals surface area contributed by atoms with Crippen LogP contribution in [0.5, 0.6) is 0 Å². The first-order valence-corrected chi connectivity index (χ1v) is 9.01. The van der Waals surface area contributed by atoms with E-state index in [1.165, 1.54) is 6.92 Å². The number of hydrogen-bond acceptors (Lipinski definition) is 5. The minimum absolute atomic E-state index is 0.194. The predicted molar refractivity (Wildman–Crippen MR) is 99.7 cm³/mol. The Kier molecular flexibility index (Phi) is 5.27. The van der Waals surface area contributed by atoms with Crippen LogP contribution < -0.4 is 0 Å². The highest BCUT2D eigenvalue weighted by atomic mass is 32.2. The van der Waals surface area contributed by atoms with Gasteiger partial charge in [0.1, 0.15) is 6.04 Å². The number of carbonyl (C=O) groups excluding carboxylic acids is 3. The molecule has 3 rings (SSSR count). The molecular weight excluding hydrogens is 352 g/mol. The molecule has 6 nitrogen and oxygen atoms in total. The molecule has 2 aromatic rings. The van der Waals surface area contributed by atoms with Crippen LogP contribution in [0.2, 0.25) is 0 Å². The van der Waals surface area contributed by atoms with E-state index < -0.39 is 23.2 Å². The van der Waals surface area contributed by atoms with Gasteiger partial charge in [-0.05, 0) is 56.0 Å². The molecule has 1 aromatic carbocycles. The second kappa shape index (κ2) is 7.61. The number of carbonyl (C=O) groups is 3. The number of esters is 1. The van der Waals surface area contributed by atoms with Crippen molar-refractivity contribution in [2.24, 2.45) is 0 Å². The summed E-state index contributed by atoms with van der Waals surface area (Å²) in [4.78, 5) is 38.0. The van der Waals surface area contributed by atoms with Gasteiger partial charge in [-0.2, -0.15) is 0 Å². The Morgan fingerprint density at radius 1 is 1.19 bits per heavy atom. The number of hydrogen-bond donors (Lipinski definition) is 0. The van der Waals surface area contributed by atoms with E-state index in [0.29, 0.717) is 0 Å². The predicted octanol–water partition coefficient (Wildman–Crippen LogP) is 3.47. The number of nitrogens with zero attached hydrogens (tertiary/aromatic N) is 2. The summed E-state index contributed by atoms with van der Waals surface area (Å²) in [6.45, 7) is 3.36. The fourth-order valence-corrected chi connectivity index (χ4v) is 3.54. The molecule has 2 amide bonds. The highest BCUT2D eigenvalue weighted by Crippen LogP contribution is 2.34. The molecule has 0 saturated carbocycles. The quantitative estimate of drug-likeness (QED) is 0.595. The van der Waals surface area contributed by atoms with Crippen LogP contribution >= 0.6 is 11.8 Å². The Morgan fingerprint density at radius 3 is 2.62 bits per heavy atom. The second-order valence-corrected chi connectivity index (χ2v) is 6.61.